The first-order valence-corrected chi connectivity index (χ1v) is 6.86. The normalized spacial score (nSPS) is 16.6. The van der Waals surface area contributed by atoms with E-state index in [1.807, 2.05) is 30.3 Å². The lowest BCUT2D eigenvalue weighted by Gasteiger charge is -2.24. The molecule has 0 fully saturated rings. The van der Waals surface area contributed by atoms with Gasteiger partial charge in [-0.05, 0) is 18.9 Å². The minimum Gasteiger partial charge on any atom is -0.440 e. The van der Waals surface area contributed by atoms with Gasteiger partial charge in [0, 0.05) is 12.0 Å². The second kappa shape index (κ2) is 5.41. The molecule has 5 heteroatoms. The summed E-state index contributed by atoms with van der Waals surface area (Å²) in [5.74, 6) is 0.385. The lowest BCUT2D eigenvalue weighted by atomic mass is 9.85. The highest BCUT2D eigenvalue weighted by molar-refractivity contribution is 5.49. The molecule has 0 bridgehead atoms. The van der Waals surface area contributed by atoms with Gasteiger partial charge in [0.15, 0.2) is 0 Å². The number of benzene rings is 1. The van der Waals surface area contributed by atoms with Crippen molar-refractivity contribution in [3.8, 4) is 11.8 Å². The predicted octanol–water partition coefficient (Wildman–Crippen LogP) is 2.36. The molecule has 5 nitrogen and oxygen atoms in total. The van der Waals surface area contributed by atoms with Crippen LogP contribution >= 0.6 is 0 Å². The highest BCUT2D eigenvalue weighted by atomic mass is 16.5. The summed E-state index contributed by atoms with van der Waals surface area (Å²) in [5, 5.41) is 9.38. The highest BCUT2D eigenvalue weighted by Crippen LogP contribution is 2.38. The van der Waals surface area contributed by atoms with Crippen LogP contribution in [0.4, 0.5) is 0 Å². The molecule has 2 aromatic rings. The van der Waals surface area contributed by atoms with Crippen molar-refractivity contribution in [3.63, 3.8) is 0 Å². The molecule has 3 rings (SSSR count). The maximum atomic E-state index is 12.2. The molecule has 1 aliphatic heterocycles. The smallest absolute Gasteiger partial charge is 0.343 e. The summed E-state index contributed by atoms with van der Waals surface area (Å²) in [6.07, 6.45) is 0.481. The van der Waals surface area contributed by atoms with E-state index >= 15 is 0 Å². The van der Waals surface area contributed by atoms with Gasteiger partial charge in [0.25, 0.3) is 0 Å². The van der Waals surface area contributed by atoms with E-state index in [9.17, 15) is 10.1 Å². The quantitative estimate of drug-likeness (QED) is 0.918. The Kier molecular flexibility index (Phi) is 3.43. The first-order valence-electron chi connectivity index (χ1n) is 6.86. The Morgan fingerprint density at radius 2 is 2.05 bits per heavy atom. The molecule has 1 aromatic carbocycles. The van der Waals surface area contributed by atoms with Gasteiger partial charge in [0.1, 0.15) is 17.6 Å². The van der Waals surface area contributed by atoms with E-state index in [1.54, 1.807) is 13.0 Å². The summed E-state index contributed by atoms with van der Waals surface area (Å²) in [4.78, 5) is 12.2. The second-order valence-corrected chi connectivity index (χ2v) is 5.16. The fraction of sp³-hybridized carbons (Fsp3) is 0.176. The van der Waals surface area contributed by atoms with Gasteiger partial charge in [-0.1, -0.05) is 30.3 Å². The predicted molar refractivity (Wildman–Crippen MR) is 80.1 cm³/mol. The molecular weight excluding hydrogens is 280 g/mol. The van der Waals surface area contributed by atoms with Crippen LogP contribution in [0.2, 0.25) is 0 Å². The van der Waals surface area contributed by atoms with Crippen molar-refractivity contribution < 1.29 is 9.15 Å². The molecular formula is C17H14N2O3. The number of nitriles is 1. The third kappa shape index (κ3) is 2.35. The molecule has 2 heterocycles. The molecule has 0 amide bonds. The van der Waals surface area contributed by atoms with Gasteiger partial charge in [-0.3, -0.25) is 0 Å². The molecule has 2 N–H and O–H groups in total. The third-order valence-electron chi connectivity index (χ3n) is 3.66. The van der Waals surface area contributed by atoms with E-state index in [4.69, 9.17) is 14.9 Å². The molecule has 0 aliphatic carbocycles. The third-order valence-corrected chi connectivity index (χ3v) is 3.66. The van der Waals surface area contributed by atoms with E-state index in [-0.39, 0.29) is 11.5 Å². The topological polar surface area (TPSA) is 89.2 Å². The summed E-state index contributed by atoms with van der Waals surface area (Å²) in [6, 6.07) is 13.3. The van der Waals surface area contributed by atoms with E-state index in [2.05, 4.69) is 6.07 Å². The Labute approximate surface area is 127 Å². The van der Waals surface area contributed by atoms with Crippen molar-refractivity contribution in [2.45, 2.75) is 19.3 Å². The molecule has 0 unspecified atom stereocenters. The Morgan fingerprint density at radius 1 is 1.32 bits per heavy atom. The lowest BCUT2D eigenvalue weighted by molar-refractivity contribution is 0.365. The van der Waals surface area contributed by atoms with E-state index in [0.717, 1.165) is 5.56 Å². The average Bonchev–Trinajstić information content (AvgIpc) is 2.47. The van der Waals surface area contributed by atoms with Crippen LogP contribution in [0.1, 0.15) is 22.8 Å². The fourth-order valence-corrected chi connectivity index (χ4v) is 2.67. The number of hydrogen-bond donors (Lipinski definition) is 1. The van der Waals surface area contributed by atoms with Crippen LogP contribution < -0.4 is 16.1 Å². The van der Waals surface area contributed by atoms with E-state index in [1.165, 1.54) is 0 Å². The number of fused-ring (bicyclic) bond motifs is 1. The Morgan fingerprint density at radius 3 is 2.73 bits per heavy atom. The number of nitrogens with two attached hydrogens (primary N) is 1. The van der Waals surface area contributed by atoms with Gasteiger partial charge in [-0.25, -0.2) is 4.79 Å². The van der Waals surface area contributed by atoms with Crippen molar-refractivity contribution in [3.05, 3.63) is 75.2 Å². The minimum absolute atomic E-state index is 0.0425. The summed E-state index contributed by atoms with van der Waals surface area (Å²) in [7, 11) is 0. The number of nitrogens with zero attached hydrogens (tertiary/aromatic N) is 1. The van der Waals surface area contributed by atoms with Gasteiger partial charge < -0.3 is 14.9 Å². The van der Waals surface area contributed by atoms with Crippen molar-refractivity contribution in [2.75, 3.05) is 0 Å². The molecule has 1 atom stereocenters. The fourth-order valence-electron chi connectivity index (χ4n) is 2.67. The van der Waals surface area contributed by atoms with Crippen molar-refractivity contribution in [1.82, 2.24) is 0 Å². The van der Waals surface area contributed by atoms with Crippen LogP contribution in [-0.2, 0) is 6.42 Å². The Bertz CT molecular complexity index is 844. The average molecular weight is 294 g/mol. The largest absolute Gasteiger partial charge is 0.440 e. The first-order chi connectivity index (χ1) is 10.6. The van der Waals surface area contributed by atoms with E-state index < -0.39 is 11.5 Å². The Hall–Kier alpha value is -3.00. The van der Waals surface area contributed by atoms with E-state index in [0.29, 0.717) is 23.5 Å². The van der Waals surface area contributed by atoms with Crippen LogP contribution in [-0.4, -0.2) is 0 Å². The van der Waals surface area contributed by atoms with Crippen molar-refractivity contribution >= 4 is 0 Å². The van der Waals surface area contributed by atoms with Crippen molar-refractivity contribution in [1.29, 1.82) is 5.26 Å². The first kappa shape index (κ1) is 14.0. The summed E-state index contributed by atoms with van der Waals surface area (Å²) in [5.41, 5.74) is 6.97. The van der Waals surface area contributed by atoms with Gasteiger partial charge in [0.05, 0.1) is 11.1 Å². The number of rotatable bonds is 2. The lowest BCUT2D eigenvalue weighted by Crippen LogP contribution is -2.26. The number of hydrogen-bond acceptors (Lipinski definition) is 5. The molecule has 0 radical (unpaired) electrons. The maximum Gasteiger partial charge on any atom is 0.343 e. The molecule has 110 valence electrons. The monoisotopic (exact) mass is 294 g/mol. The van der Waals surface area contributed by atoms with Gasteiger partial charge in [-0.15, -0.1) is 0 Å². The molecule has 22 heavy (non-hydrogen) atoms. The zero-order chi connectivity index (χ0) is 15.7. The Balaban J connectivity index is 2.14. The maximum absolute atomic E-state index is 12.2. The zero-order valence-electron chi connectivity index (χ0n) is 12.0. The van der Waals surface area contributed by atoms with Crippen LogP contribution in [0.5, 0.6) is 5.75 Å². The van der Waals surface area contributed by atoms with Crippen LogP contribution in [0, 0.1) is 18.3 Å². The second-order valence-electron chi connectivity index (χ2n) is 5.16. The standard InChI is InChI=1S/C17H14N2O3/c1-10-7-14-15(17(20)21-10)12(13(9-18)16(19)22-14)8-11-5-3-2-4-6-11/h2-7,12H,8,19H2,1H3/t12-/m0/s1. The molecule has 0 saturated heterocycles. The summed E-state index contributed by atoms with van der Waals surface area (Å²) >= 11 is 0. The van der Waals surface area contributed by atoms with Crippen LogP contribution in [0.15, 0.2) is 57.1 Å². The van der Waals surface area contributed by atoms with Gasteiger partial charge in [0.2, 0.25) is 5.88 Å². The summed E-state index contributed by atoms with van der Waals surface area (Å²) in [6.45, 7) is 1.66. The number of aryl methyl sites for hydroxylation is 1. The molecule has 0 spiro atoms. The molecule has 1 aromatic heterocycles. The van der Waals surface area contributed by atoms with Gasteiger partial charge in [-0.2, -0.15) is 5.26 Å². The van der Waals surface area contributed by atoms with Gasteiger partial charge >= 0.3 is 5.63 Å². The molecule has 1 aliphatic rings. The minimum atomic E-state index is -0.490. The van der Waals surface area contributed by atoms with Crippen LogP contribution in [0.25, 0.3) is 0 Å². The SMILES string of the molecule is Cc1cc2c(c(=O)o1)[C@@H](Cc1ccccc1)C(C#N)=C(N)O2. The highest BCUT2D eigenvalue weighted by Gasteiger charge is 2.32. The zero-order valence-corrected chi connectivity index (χ0v) is 12.0. The van der Waals surface area contributed by atoms with Crippen LogP contribution in [0.3, 0.4) is 0 Å². The van der Waals surface area contributed by atoms with Crippen molar-refractivity contribution in [2.24, 2.45) is 5.73 Å². The summed E-state index contributed by atoms with van der Waals surface area (Å²) < 4.78 is 10.6. The number of allylic oxidation sites excluding steroid dienone is 1. The molecule has 0 saturated carbocycles. The number of ether oxygens (including phenoxy) is 1.